The molecule has 1 aliphatic heterocycles. The molecule has 0 radical (unpaired) electrons. The first-order valence-corrected chi connectivity index (χ1v) is 7.83. The number of benzene rings is 1. The van der Waals surface area contributed by atoms with Gasteiger partial charge in [-0.25, -0.2) is 4.79 Å². The van der Waals surface area contributed by atoms with E-state index in [1.54, 1.807) is 0 Å². The average molecular weight is 306 g/mol. The van der Waals surface area contributed by atoms with Crippen LogP contribution in [0.15, 0.2) is 30.3 Å². The van der Waals surface area contributed by atoms with Crippen LogP contribution in [-0.2, 0) is 11.3 Å². The van der Waals surface area contributed by atoms with E-state index in [9.17, 15) is 4.79 Å². The minimum Gasteiger partial charge on any atom is -0.445 e. The third kappa shape index (κ3) is 5.01. The summed E-state index contributed by atoms with van der Waals surface area (Å²) in [7, 11) is 0. The van der Waals surface area contributed by atoms with Gasteiger partial charge in [0.05, 0.1) is 6.04 Å². The number of amides is 1. The summed E-state index contributed by atoms with van der Waals surface area (Å²) in [6, 6.07) is 9.45. The fraction of sp³-hybridized carbons (Fsp3) is 0.500. The molecular weight excluding hydrogens is 284 g/mol. The number of piperidine rings is 1. The van der Waals surface area contributed by atoms with Crippen LogP contribution in [0, 0.1) is 0 Å². The van der Waals surface area contributed by atoms with Gasteiger partial charge in [0.2, 0.25) is 0 Å². The first-order valence-electron chi connectivity index (χ1n) is 7.43. The Hall–Kier alpha value is -1.62. The van der Waals surface area contributed by atoms with Crippen molar-refractivity contribution < 1.29 is 9.53 Å². The largest absolute Gasteiger partial charge is 0.445 e. The SMILES string of the molecule is CC(NC(=O)OCc1ccccc1)C(=S)N1CCCCC1. The van der Waals surface area contributed by atoms with Crippen molar-refractivity contribution >= 4 is 23.3 Å². The van der Waals surface area contributed by atoms with Gasteiger partial charge < -0.3 is 15.0 Å². The third-order valence-electron chi connectivity index (χ3n) is 3.59. The van der Waals surface area contributed by atoms with Gasteiger partial charge in [0, 0.05) is 13.1 Å². The maximum absolute atomic E-state index is 11.8. The highest BCUT2D eigenvalue weighted by Crippen LogP contribution is 2.11. The number of rotatable bonds is 4. The third-order valence-corrected chi connectivity index (χ3v) is 4.20. The predicted octanol–water partition coefficient (Wildman–Crippen LogP) is 3.11. The van der Waals surface area contributed by atoms with Crippen molar-refractivity contribution in [3.05, 3.63) is 35.9 Å². The Bertz CT molecular complexity index is 472. The topological polar surface area (TPSA) is 41.6 Å². The highest BCUT2D eigenvalue weighted by Gasteiger charge is 2.20. The first-order chi connectivity index (χ1) is 10.2. The number of carbonyl (C=O) groups excluding carboxylic acids is 1. The summed E-state index contributed by atoms with van der Waals surface area (Å²) in [5.74, 6) is 0. The number of likely N-dealkylation sites (tertiary alicyclic amines) is 1. The Morgan fingerprint density at radius 3 is 2.62 bits per heavy atom. The van der Waals surface area contributed by atoms with Gasteiger partial charge in [-0.05, 0) is 31.7 Å². The lowest BCUT2D eigenvalue weighted by Crippen LogP contribution is -2.47. The molecule has 1 atom stereocenters. The van der Waals surface area contributed by atoms with E-state index >= 15 is 0 Å². The molecule has 21 heavy (non-hydrogen) atoms. The molecule has 0 spiro atoms. The molecule has 1 heterocycles. The number of nitrogens with one attached hydrogen (secondary N) is 1. The molecule has 2 rings (SSSR count). The van der Waals surface area contributed by atoms with Crippen LogP contribution in [0.4, 0.5) is 4.79 Å². The number of hydrogen-bond acceptors (Lipinski definition) is 3. The molecule has 0 saturated carbocycles. The molecule has 0 aromatic heterocycles. The summed E-state index contributed by atoms with van der Waals surface area (Å²) in [4.78, 5) is 14.8. The summed E-state index contributed by atoms with van der Waals surface area (Å²) in [6.07, 6.45) is 3.18. The van der Waals surface area contributed by atoms with Gasteiger partial charge in [0.15, 0.2) is 0 Å². The number of thiocarbonyl (C=S) groups is 1. The van der Waals surface area contributed by atoms with Crippen LogP contribution in [0.2, 0.25) is 0 Å². The Morgan fingerprint density at radius 1 is 1.29 bits per heavy atom. The smallest absolute Gasteiger partial charge is 0.408 e. The van der Waals surface area contributed by atoms with E-state index in [0.717, 1.165) is 23.6 Å². The molecule has 1 aromatic rings. The summed E-state index contributed by atoms with van der Waals surface area (Å²) in [5, 5.41) is 2.80. The first kappa shape index (κ1) is 15.8. The zero-order valence-electron chi connectivity index (χ0n) is 12.4. The molecule has 5 heteroatoms. The minimum absolute atomic E-state index is 0.179. The van der Waals surface area contributed by atoms with E-state index < -0.39 is 6.09 Å². The van der Waals surface area contributed by atoms with Crippen LogP contribution in [0.5, 0.6) is 0 Å². The molecule has 1 unspecified atom stereocenters. The molecular formula is C16H22N2O2S. The van der Waals surface area contributed by atoms with Crippen molar-refractivity contribution in [1.82, 2.24) is 10.2 Å². The Morgan fingerprint density at radius 2 is 1.95 bits per heavy atom. The standard InChI is InChI=1S/C16H22N2O2S/c1-13(15(21)18-10-6-3-7-11-18)17-16(19)20-12-14-8-4-2-5-9-14/h2,4-5,8-9,13H,3,6-7,10-12H2,1H3,(H,17,19). The molecule has 0 bridgehead atoms. The second kappa shape index (κ2) is 7.98. The average Bonchev–Trinajstić information content (AvgIpc) is 2.54. The monoisotopic (exact) mass is 306 g/mol. The van der Waals surface area contributed by atoms with Crippen LogP contribution in [0.3, 0.4) is 0 Å². The molecule has 1 aromatic carbocycles. The molecule has 1 saturated heterocycles. The van der Waals surface area contributed by atoms with E-state index in [1.165, 1.54) is 19.3 Å². The summed E-state index contributed by atoms with van der Waals surface area (Å²) in [6.45, 7) is 4.16. The molecule has 4 nitrogen and oxygen atoms in total. The molecule has 0 aliphatic carbocycles. The molecule has 1 aliphatic rings. The van der Waals surface area contributed by atoms with Crippen molar-refractivity contribution in [2.75, 3.05) is 13.1 Å². The van der Waals surface area contributed by atoms with E-state index in [0.29, 0.717) is 0 Å². The predicted molar refractivity (Wildman–Crippen MR) is 87.2 cm³/mol. The van der Waals surface area contributed by atoms with Crippen LogP contribution in [-0.4, -0.2) is 35.1 Å². The number of alkyl carbamates (subject to hydrolysis) is 1. The zero-order valence-corrected chi connectivity index (χ0v) is 13.2. The maximum Gasteiger partial charge on any atom is 0.408 e. The van der Waals surface area contributed by atoms with E-state index in [2.05, 4.69) is 10.2 Å². The van der Waals surface area contributed by atoms with Gasteiger partial charge in [0.25, 0.3) is 0 Å². The van der Waals surface area contributed by atoms with Crippen LogP contribution < -0.4 is 5.32 Å². The lowest BCUT2D eigenvalue weighted by atomic mass is 10.1. The van der Waals surface area contributed by atoms with Crippen LogP contribution in [0.1, 0.15) is 31.7 Å². The number of ether oxygens (including phenoxy) is 1. The molecule has 1 N–H and O–H groups in total. The molecule has 1 amide bonds. The zero-order chi connectivity index (χ0) is 15.1. The van der Waals surface area contributed by atoms with Crippen molar-refractivity contribution in [2.45, 2.75) is 38.8 Å². The van der Waals surface area contributed by atoms with Gasteiger partial charge in [-0.15, -0.1) is 0 Å². The van der Waals surface area contributed by atoms with Crippen molar-refractivity contribution in [1.29, 1.82) is 0 Å². The highest BCUT2D eigenvalue weighted by atomic mass is 32.1. The fourth-order valence-electron chi connectivity index (χ4n) is 2.39. The van der Waals surface area contributed by atoms with Crippen molar-refractivity contribution in [3.8, 4) is 0 Å². The fourth-order valence-corrected chi connectivity index (χ4v) is 2.63. The Labute approximate surface area is 131 Å². The van der Waals surface area contributed by atoms with Gasteiger partial charge in [-0.1, -0.05) is 42.5 Å². The van der Waals surface area contributed by atoms with E-state index in [-0.39, 0.29) is 12.6 Å². The molecule has 1 fully saturated rings. The Kier molecular flexibility index (Phi) is 5.99. The lowest BCUT2D eigenvalue weighted by Gasteiger charge is -2.31. The molecule has 114 valence electrons. The Balaban J connectivity index is 1.74. The van der Waals surface area contributed by atoms with Gasteiger partial charge >= 0.3 is 6.09 Å². The lowest BCUT2D eigenvalue weighted by molar-refractivity contribution is 0.138. The van der Waals surface area contributed by atoms with Gasteiger partial charge in [-0.2, -0.15) is 0 Å². The van der Waals surface area contributed by atoms with E-state index in [4.69, 9.17) is 17.0 Å². The minimum atomic E-state index is -0.425. The number of nitrogens with zero attached hydrogens (tertiary/aromatic N) is 1. The summed E-state index contributed by atoms with van der Waals surface area (Å²) >= 11 is 5.45. The van der Waals surface area contributed by atoms with Gasteiger partial charge in [-0.3, -0.25) is 0 Å². The van der Waals surface area contributed by atoms with E-state index in [1.807, 2.05) is 37.3 Å². The summed E-state index contributed by atoms with van der Waals surface area (Å²) < 4.78 is 5.21. The summed E-state index contributed by atoms with van der Waals surface area (Å²) in [5.41, 5.74) is 0.971. The number of carbonyl (C=O) groups is 1. The number of hydrogen-bond donors (Lipinski definition) is 1. The van der Waals surface area contributed by atoms with Crippen molar-refractivity contribution in [3.63, 3.8) is 0 Å². The van der Waals surface area contributed by atoms with Crippen LogP contribution in [0.25, 0.3) is 0 Å². The quantitative estimate of drug-likeness (QED) is 0.868. The second-order valence-corrected chi connectivity index (χ2v) is 5.73. The highest BCUT2D eigenvalue weighted by molar-refractivity contribution is 7.80. The second-order valence-electron chi connectivity index (χ2n) is 5.31. The van der Waals surface area contributed by atoms with Crippen LogP contribution >= 0.6 is 12.2 Å². The van der Waals surface area contributed by atoms with Gasteiger partial charge in [0.1, 0.15) is 11.6 Å². The maximum atomic E-state index is 11.8. The normalized spacial score (nSPS) is 16.1. The van der Waals surface area contributed by atoms with Crippen molar-refractivity contribution in [2.24, 2.45) is 0 Å².